The predicted molar refractivity (Wildman–Crippen MR) is 96.4 cm³/mol. The number of nitrogens with zero attached hydrogens (tertiary/aromatic N) is 4. The van der Waals surface area contributed by atoms with Gasteiger partial charge in [-0.05, 0) is 42.8 Å². The second kappa shape index (κ2) is 6.83. The molecule has 0 aliphatic rings. The fraction of sp³-hybridized carbons (Fsp3) is 0.0526. The standard InChI is InChI=1S/C19H14FN5O2/c1-12-6-9-25-17(12)19(22-11-23-25)27-16-3-2-14(10-15(16)20)24-18(26)13-4-7-21-8-5-13/h2-11H,1H3,(H,24,26). The average molecular weight is 363 g/mol. The minimum atomic E-state index is -0.622. The van der Waals surface area contributed by atoms with Crippen molar-refractivity contribution < 1.29 is 13.9 Å². The SMILES string of the molecule is Cc1ccn2ncnc(Oc3ccc(NC(=O)c4ccncc4)cc3F)c12. The molecule has 0 spiro atoms. The zero-order chi connectivity index (χ0) is 18.8. The molecule has 4 rings (SSSR count). The quantitative estimate of drug-likeness (QED) is 0.599. The number of nitrogens with one attached hydrogen (secondary N) is 1. The Labute approximate surface area is 153 Å². The fourth-order valence-corrected chi connectivity index (χ4v) is 2.62. The van der Waals surface area contributed by atoms with E-state index >= 15 is 0 Å². The highest BCUT2D eigenvalue weighted by Gasteiger charge is 2.13. The lowest BCUT2D eigenvalue weighted by Crippen LogP contribution is -2.12. The molecular weight excluding hydrogens is 349 g/mol. The third kappa shape index (κ3) is 3.32. The molecule has 0 aliphatic carbocycles. The molecule has 7 nitrogen and oxygen atoms in total. The van der Waals surface area contributed by atoms with Gasteiger partial charge < -0.3 is 10.1 Å². The van der Waals surface area contributed by atoms with Gasteiger partial charge in [-0.25, -0.2) is 8.91 Å². The fourth-order valence-electron chi connectivity index (χ4n) is 2.62. The molecule has 0 saturated carbocycles. The summed E-state index contributed by atoms with van der Waals surface area (Å²) in [6.45, 7) is 1.89. The molecule has 0 bridgehead atoms. The van der Waals surface area contributed by atoms with Gasteiger partial charge in [-0.3, -0.25) is 9.78 Å². The van der Waals surface area contributed by atoms with Crippen LogP contribution in [0, 0.1) is 12.7 Å². The molecular formula is C19H14FN5O2. The van der Waals surface area contributed by atoms with Gasteiger partial charge >= 0.3 is 0 Å². The number of carbonyl (C=O) groups excluding carboxylic acids is 1. The molecule has 8 heteroatoms. The van der Waals surface area contributed by atoms with Crippen LogP contribution >= 0.6 is 0 Å². The van der Waals surface area contributed by atoms with E-state index in [1.807, 2.05) is 13.0 Å². The van der Waals surface area contributed by atoms with Crippen LogP contribution in [0.1, 0.15) is 15.9 Å². The number of amides is 1. The molecule has 0 atom stereocenters. The van der Waals surface area contributed by atoms with E-state index in [-0.39, 0.29) is 17.5 Å². The maximum absolute atomic E-state index is 14.5. The molecule has 4 aromatic rings. The first kappa shape index (κ1) is 16.6. The van der Waals surface area contributed by atoms with E-state index in [2.05, 4.69) is 20.4 Å². The van der Waals surface area contributed by atoms with Crippen LogP contribution in [0.15, 0.2) is 61.3 Å². The van der Waals surface area contributed by atoms with Crippen LogP contribution in [-0.2, 0) is 0 Å². The third-order valence-corrected chi connectivity index (χ3v) is 3.96. The van der Waals surface area contributed by atoms with Crippen molar-refractivity contribution in [1.29, 1.82) is 0 Å². The smallest absolute Gasteiger partial charge is 0.255 e. The van der Waals surface area contributed by atoms with Crippen LogP contribution < -0.4 is 10.1 Å². The van der Waals surface area contributed by atoms with Gasteiger partial charge in [0.1, 0.15) is 11.8 Å². The van der Waals surface area contributed by atoms with Crippen molar-refractivity contribution in [3.63, 3.8) is 0 Å². The summed E-state index contributed by atoms with van der Waals surface area (Å²) in [7, 11) is 0. The third-order valence-electron chi connectivity index (χ3n) is 3.96. The van der Waals surface area contributed by atoms with E-state index in [0.717, 1.165) is 5.56 Å². The maximum atomic E-state index is 14.5. The summed E-state index contributed by atoms with van der Waals surface area (Å²) >= 11 is 0. The number of benzene rings is 1. The maximum Gasteiger partial charge on any atom is 0.255 e. The van der Waals surface area contributed by atoms with E-state index in [0.29, 0.717) is 16.8 Å². The second-order valence-electron chi connectivity index (χ2n) is 5.79. The van der Waals surface area contributed by atoms with Crippen molar-refractivity contribution in [3.8, 4) is 11.6 Å². The van der Waals surface area contributed by atoms with E-state index < -0.39 is 5.82 Å². The summed E-state index contributed by atoms with van der Waals surface area (Å²) in [6, 6.07) is 9.20. The molecule has 3 heterocycles. The number of hydrogen-bond acceptors (Lipinski definition) is 5. The zero-order valence-corrected chi connectivity index (χ0v) is 14.3. The lowest BCUT2D eigenvalue weighted by molar-refractivity contribution is 0.102. The van der Waals surface area contributed by atoms with E-state index in [9.17, 15) is 9.18 Å². The van der Waals surface area contributed by atoms with Crippen molar-refractivity contribution >= 4 is 17.1 Å². The Bertz CT molecular complexity index is 1130. The topological polar surface area (TPSA) is 81.4 Å². The number of fused-ring (bicyclic) bond motifs is 1. The number of anilines is 1. The number of halogens is 1. The number of carbonyl (C=O) groups is 1. The van der Waals surface area contributed by atoms with Gasteiger partial charge in [-0.15, -0.1) is 0 Å². The zero-order valence-electron chi connectivity index (χ0n) is 14.3. The molecule has 134 valence electrons. The number of rotatable bonds is 4. The van der Waals surface area contributed by atoms with Gasteiger partial charge in [0.15, 0.2) is 11.6 Å². The minimum absolute atomic E-state index is 0.00175. The molecule has 3 aromatic heterocycles. The second-order valence-corrected chi connectivity index (χ2v) is 5.79. The van der Waals surface area contributed by atoms with Gasteiger partial charge in [-0.2, -0.15) is 10.1 Å². The summed E-state index contributed by atoms with van der Waals surface area (Å²) in [5.41, 5.74) is 2.31. The van der Waals surface area contributed by atoms with Gasteiger partial charge in [0.25, 0.3) is 5.91 Å². The van der Waals surface area contributed by atoms with Gasteiger partial charge in [-0.1, -0.05) is 0 Å². The largest absolute Gasteiger partial charge is 0.434 e. The van der Waals surface area contributed by atoms with Gasteiger partial charge in [0.05, 0.1) is 0 Å². The minimum Gasteiger partial charge on any atom is -0.434 e. The first-order chi connectivity index (χ1) is 13.1. The Morgan fingerprint density at radius 2 is 2.00 bits per heavy atom. The summed E-state index contributed by atoms with van der Waals surface area (Å²) < 4.78 is 21.7. The summed E-state index contributed by atoms with van der Waals surface area (Å²) in [5.74, 6) is -0.728. The Morgan fingerprint density at radius 1 is 1.19 bits per heavy atom. The Hall–Kier alpha value is -3.81. The van der Waals surface area contributed by atoms with Crippen molar-refractivity contribution in [2.24, 2.45) is 0 Å². The molecule has 0 aliphatic heterocycles. The van der Waals surface area contributed by atoms with Crippen LogP contribution in [-0.4, -0.2) is 25.5 Å². The monoisotopic (exact) mass is 363 g/mol. The number of hydrogen-bond donors (Lipinski definition) is 1. The molecule has 0 fully saturated rings. The Kier molecular flexibility index (Phi) is 4.21. The molecule has 0 unspecified atom stereocenters. The first-order valence-electron chi connectivity index (χ1n) is 8.09. The van der Waals surface area contributed by atoms with Crippen LogP contribution in [0.25, 0.3) is 5.52 Å². The normalized spacial score (nSPS) is 10.7. The van der Waals surface area contributed by atoms with Crippen LogP contribution in [0.5, 0.6) is 11.6 Å². The van der Waals surface area contributed by atoms with Crippen molar-refractivity contribution in [3.05, 3.63) is 78.3 Å². The summed E-state index contributed by atoms with van der Waals surface area (Å²) in [5, 5.41) is 6.71. The lowest BCUT2D eigenvalue weighted by Gasteiger charge is -2.10. The molecule has 27 heavy (non-hydrogen) atoms. The predicted octanol–water partition coefficient (Wildman–Crippen LogP) is 3.62. The van der Waals surface area contributed by atoms with Crippen LogP contribution in [0.4, 0.5) is 10.1 Å². The summed E-state index contributed by atoms with van der Waals surface area (Å²) in [4.78, 5) is 20.1. The Balaban J connectivity index is 1.57. The van der Waals surface area contributed by atoms with Crippen LogP contribution in [0.2, 0.25) is 0 Å². The van der Waals surface area contributed by atoms with Gasteiger partial charge in [0, 0.05) is 35.9 Å². The average Bonchev–Trinajstić information content (AvgIpc) is 3.07. The molecule has 1 aromatic carbocycles. The first-order valence-corrected chi connectivity index (χ1v) is 8.09. The number of ether oxygens (including phenoxy) is 1. The molecule has 0 radical (unpaired) electrons. The van der Waals surface area contributed by atoms with Crippen molar-refractivity contribution in [2.75, 3.05) is 5.32 Å². The molecule has 1 N–H and O–H groups in total. The molecule has 0 saturated heterocycles. The highest BCUT2D eigenvalue weighted by Crippen LogP contribution is 2.29. The summed E-state index contributed by atoms with van der Waals surface area (Å²) in [6.07, 6.45) is 6.13. The van der Waals surface area contributed by atoms with Crippen molar-refractivity contribution in [1.82, 2.24) is 19.6 Å². The Morgan fingerprint density at radius 3 is 2.78 bits per heavy atom. The number of aryl methyl sites for hydroxylation is 1. The highest BCUT2D eigenvalue weighted by atomic mass is 19.1. The number of pyridine rings is 1. The van der Waals surface area contributed by atoms with E-state index in [1.165, 1.54) is 30.9 Å². The van der Waals surface area contributed by atoms with Gasteiger partial charge in [0.2, 0.25) is 5.88 Å². The lowest BCUT2D eigenvalue weighted by atomic mass is 10.2. The van der Waals surface area contributed by atoms with E-state index in [4.69, 9.17) is 4.74 Å². The van der Waals surface area contributed by atoms with Crippen molar-refractivity contribution in [2.45, 2.75) is 6.92 Å². The van der Waals surface area contributed by atoms with Crippen LogP contribution in [0.3, 0.4) is 0 Å². The number of aromatic nitrogens is 4. The highest BCUT2D eigenvalue weighted by molar-refractivity contribution is 6.04. The van der Waals surface area contributed by atoms with E-state index in [1.54, 1.807) is 28.9 Å². The molecule has 1 amide bonds.